The number of nitriles is 1. The minimum atomic E-state index is -0.419. The number of aromatic nitrogens is 1. The van der Waals surface area contributed by atoms with Gasteiger partial charge in [-0.25, -0.2) is 4.39 Å². The van der Waals surface area contributed by atoms with Crippen LogP contribution in [-0.4, -0.2) is 10.9 Å². The van der Waals surface area contributed by atoms with Gasteiger partial charge in [-0.15, -0.1) is 0 Å². The van der Waals surface area contributed by atoms with Crippen molar-refractivity contribution in [2.24, 2.45) is 0 Å². The van der Waals surface area contributed by atoms with Gasteiger partial charge in [0.25, 0.3) is 5.56 Å². The minimum Gasteiger partial charge on any atom is -0.326 e. The molecule has 0 saturated heterocycles. The first kappa shape index (κ1) is 16.4. The highest BCUT2D eigenvalue weighted by atomic mass is 19.1. The van der Waals surface area contributed by atoms with Crippen molar-refractivity contribution >= 4 is 22.5 Å². The van der Waals surface area contributed by atoms with Gasteiger partial charge < -0.3 is 10.3 Å². The molecule has 25 heavy (non-hydrogen) atoms. The van der Waals surface area contributed by atoms with Gasteiger partial charge in [0, 0.05) is 17.7 Å². The van der Waals surface area contributed by atoms with E-state index in [0.29, 0.717) is 27.7 Å². The SMILES string of the molecule is N#Cc1ccc(NC(=O)CCc2cc3ccc(F)cc3[nH]c2=O)cc1. The van der Waals surface area contributed by atoms with Crippen LogP contribution in [-0.2, 0) is 11.2 Å². The van der Waals surface area contributed by atoms with E-state index in [1.807, 2.05) is 6.07 Å². The van der Waals surface area contributed by atoms with E-state index in [1.54, 1.807) is 36.4 Å². The molecular formula is C19H14FN3O2. The zero-order valence-corrected chi connectivity index (χ0v) is 13.2. The molecule has 3 aromatic rings. The quantitative estimate of drug-likeness (QED) is 0.768. The second kappa shape index (κ2) is 6.97. The topological polar surface area (TPSA) is 85.8 Å². The maximum Gasteiger partial charge on any atom is 0.251 e. The Labute approximate surface area is 142 Å². The van der Waals surface area contributed by atoms with Gasteiger partial charge >= 0.3 is 0 Å². The summed E-state index contributed by atoms with van der Waals surface area (Å²) in [5.41, 5.74) is 1.66. The highest BCUT2D eigenvalue weighted by Gasteiger charge is 2.08. The molecule has 0 saturated carbocycles. The molecule has 2 aromatic carbocycles. The van der Waals surface area contributed by atoms with Crippen molar-refractivity contribution in [2.75, 3.05) is 5.32 Å². The second-order valence-corrected chi connectivity index (χ2v) is 5.59. The monoisotopic (exact) mass is 335 g/mol. The van der Waals surface area contributed by atoms with E-state index in [1.165, 1.54) is 12.1 Å². The van der Waals surface area contributed by atoms with Crippen molar-refractivity contribution < 1.29 is 9.18 Å². The zero-order chi connectivity index (χ0) is 17.8. The van der Waals surface area contributed by atoms with Crippen LogP contribution in [0.15, 0.2) is 53.3 Å². The maximum absolute atomic E-state index is 13.2. The summed E-state index contributed by atoms with van der Waals surface area (Å²) in [6, 6.07) is 14.4. The van der Waals surface area contributed by atoms with Gasteiger partial charge in [-0.3, -0.25) is 9.59 Å². The fraction of sp³-hybridized carbons (Fsp3) is 0.105. The van der Waals surface area contributed by atoms with E-state index in [9.17, 15) is 14.0 Å². The lowest BCUT2D eigenvalue weighted by molar-refractivity contribution is -0.116. The Morgan fingerprint density at radius 1 is 1.16 bits per heavy atom. The predicted molar refractivity (Wildman–Crippen MR) is 92.6 cm³/mol. The summed E-state index contributed by atoms with van der Waals surface area (Å²) in [6.45, 7) is 0. The van der Waals surface area contributed by atoms with Gasteiger partial charge in [0.1, 0.15) is 5.82 Å². The van der Waals surface area contributed by atoms with Crippen LogP contribution in [0.5, 0.6) is 0 Å². The first-order valence-electron chi connectivity index (χ1n) is 7.66. The number of hydrogen-bond donors (Lipinski definition) is 2. The third-order valence-corrected chi connectivity index (χ3v) is 3.80. The van der Waals surface area contributed by atoms with Gasteiger partial charge in [-0.05, 0) is 60.3 Å². The van der Waals surface area contributed by atoms with E-state index in [4.69, 9.17) is 5.26 Å². The molecule has 0 aliphatic rings. The van der Waals surface area contributed by atoms with Crippen LogP contribution in [0.1, 0.15) is 17.5 Å². The number of H-pyrrole nitrogens is 1. The average Bonchev–Trinajstić information content (AvgIpc) is 2.60. The van der Waals surface area contributed by atoms with E-state index >= 15 is 0 Å². The first-order chi connectivity index (χ1) is 12.0. The van der Waals surface area contributed by atoms with Crippen molar-refractivity contribution in [1.29, 1.82) is 5.26 Å². The lowest BCUT2D eigenvalue weighted by Crippen LogP contribution is -2.17. The molecule has 2 N–H and O–H groups in total. The number of aromatic amines is 1. The van der Waals surface area contributed by atoms with Crippen LogP contribution in [0.25, 0.3) is 10.9 Å². The van der Waals surface area contributed by atoms with Crippen molar-refractivity contribution in [3.8, 4) is 6.07 Å². The standard InChI is InChI=1S/C19H14FN3O2/c20-15-5-3-13-9-14(19(25)23-17(13)10-15)4-8-18(24)22-16-6-1-12(11-21)2-7-16/h1-3,5-7,9-10H,4,8H2,(H,22,24)(H,23,25). The number of fused-ring (bicyclic) bond motifs is 1. The number of rotatable bonds is 4. The number of halogens is 1. The molecule has 1 aromatic heterocycles. The van der Waals surface area contributed by atoms with Crippen LogP contribution in [0.4, 0.5) is 10.1 Å². The molecule has 1 amide bonds. The molecule has 0 aliphatic carbocycles. The number of benzene rings is 2. The molecule has 1 heterocycles. The average molecular weight is 335 g/mol. The van der Waals surface area contributed by atoms with Crippen molar-refractivity contribution in [3.63, 3.8) is 0 Å². The Balaban J connectivity index is 1.68. The molecule has 0 bridgehead atoms. The largest absolute Gasteiger partial charge is 0.326 e. The fourth-order valence-electron chi connectivity index (χ4n) is 2.50. The molecule has 0 spiro atoms. The Bertz CT molecular complexity index is 1030. The predicted octanol–water partition coefficient (Wildman–Crippen LogP) is 3.11. The van der Waals surface area contributed by atoms with E-state index < -0.39 is 5.82 Å². The van der Waals surface area contributed by atoms with E-state index in [2.05, 4.69) is 10.3 Å². The third-order valence-electron chi connectivity index (χ3n) is 3.80. The molecule has 0 fully saturated rings. The van der Waals surface area contributed by atoms with Crippen LogP contribution >= 0.6 is 0 Å². The number of amides is 1. The number of carbonyl (C=O) groups is 1. The van der Waals surface area contributed by atoms with Crippen molar-refractivity contribution in [3.05, 3.63) is 75.8 Å². The number of anilines is 1. The van der Waals surface area contributed by atoms with Gasteiger partial charge in [0.05, 0.1) is 17.1 Å². The number of aryl methyl sites for hydroxylation is 1. The highest BCUT2D eigenvalue weighted by molar-refractivity contribution is 5.91. The Morgan fingerprint density at radius 3 is 2.64 bits per heavy atom. The number of hydrogen-bond acceptors (Lipinski definition) is 3. The first-order valence-corrected chi connectivity index (χ1v) is 7.66. The number of carbonyl (C=O) groups excluding carboxylic acids is 1. The van der Waals surface area contributed by atoms with Crippen molar-refractivity contribution in [1.82, 2.24) is 4.98 Å². The zero-order valence-electron chi connectivity index (χ0n) is 13.2. The number of nitrogens with one attached hydrogen (secondary N) is 2. The number of pyridine rings is 1. The van der Waals surface area contributed by atoms with Gasteiger partial charge in [-0.2, -0.15) is 5.26 Å². The van der Waals surface area contributed by atoms with Crippen molar-refractivity contribution in [2.45, 2.75) is 12.8 Å². The van der Waals surface area contributed by atoms with Gasteiger partial charge in [-0.1, -0.05) is 0 Å². The fourth-order valence-corrected chi connectivity index (χ4v) is 2.50. The molecule has 0 atom stereocenters. The summed E-state index contributed by atoms with van der Waals surface area (Å²) in [4.78, 5) is 26.7. The molecule has 6 heteroatoms. The Hall–Kier alpha value is -3.46. The van der Waals surface area contributed by atoms with Gasteiger partial charge in [0.15, 0.2) is 0 Å². The maximum atomic E-state index is 13.2. The van der Waals surface area contributed by atoms with Crippen LogP contribution in [0.2, 0.25) is 0 Å². The van der Waals surface area contributed by atoms with E-state index in [-0.39, 0.29) is 24.3 Å². The summed E-state index contributed by atoms with van der Waals surface area (Å²) in [5, 5.41) is 12.2. The summed E-state index contributed by atoms with van der Waals surface area (Å²) in [7, 11) is 0. The van der Waals surface area contributed by atoms with Crippen LogP contribution in [0.3, 0.4) is 0 Å². The molecular weight excluding hydrogens is 321 g/mol. The molecule has 0 unspecified atom stereocenters. The Morgan fingerprint density at radius 2 is 1.92 bits per heavy atom. The molecule has 5 nitrogen and oxygen atoms in total. The number of nitrogens with zero attached hydrogens (tertiary/aromatic N) is 1. The van der Waals surface area contributed by atoms with Gasteiger partial charge in [0.2, 0.25) is 5.91 Å². The third kappa shape index (κ3) is 3.90. The highest BCUT2D eigenvalue weighted by Crippen LogP contribution is 2.14. The summed E-state index contributed by atoms with van der Waals surface area (Å²) in [6.07, 6.45) is 0.403. The molecule has 3 rings (SSSR count). The lowest BCUT2D eigenvalue weighted by atomic mass is 10.1. The Kier molecular flexibility index (Phi) is 4.57. The molecule has 0 radical (unpaired) electrons. The second-order valence-electron chi connectivity index (χ2n) is 5.59. The van der Waals surface area contributed by atoms with Crippen LogP contribution < -0.4 is 10.9 Å². The summed E-state index contributed by atoms with van der Waals surface area (Å²) < 4.78 is 13.2. The lowest BCUT2D eigenvalue weighted by Gasteiger charge is -2.06. The summed E-state index contributed by atoms with van der Waals surface area (Å²) >= 11 is 0. The molecule has 0 aliphatic heterocycles. The smallest absolute Gasteiger partial charge is 0.251 e. The minimum absolute atomic E-state index is 0.135. The summed E-state index contributed by atoms with van der Waals surface area (Å²) in [5.74, 6) is -0.652. The van der Waals surface area contributed by atoms with E-state index in [0.717, 1.165) is 0 Å². The van der Waals surface area contributed by atoms with Crippen LogP contribution in [0, 0.1) is 17.1 Å². The molecule has 124 valence electrons. The normalized spacial score (nSPS) is 10.4.